The van der Waals surface area contributed by atoms with Crippen LogP contribution in [-0.4, -0.2) is 65.0 Å². The number of ether oxygens (including phenoxy) is 1. The Morgan fingerprint density at radius 3 is 2.83 bits per heavy atom. The van der Waals surface area contributed by atoms with Gasteiger partial charge in [-0.05, 0) is 6.07 Å². The summed E-state index contributed by atoms with van der Waals surface area (Å²) >= 11 is 0. The van der Waals surface area contributed by atoms with Gasteiger partial charge in [-0.2, -0.15) is 5.10 Å². The molecule has 0 bridgehead atoms. The zero-order valence-electron chi connectivity index (χ0n) is 11.9. The van der Waals surface area contributed by atoms with Crippen LogP contribution in [0.4, 0.5) is 0 Å². The van der Waals surface area contributed by atoms with Crippen LogP contribution in [0.25, 0.3) is 22.3 Å². The lowest BCUT2D eigenvalue weighted by molar-refractivity contribution is -0.0508. The first-order chi connectivity index (χ1) is 11.2. The zero-order valence-corrected chi connectivity index (χ0v) is 11.9. The molecule has 0 amide bonds. The van der Waals surface area contributed by atoms with Gasteiger partial charge in [0, 0.05) is 23.3 Å². The highest BCUT2D eigenvalue weighted by Crippen LogP contribution is 2.33. The summed E-state index contributed by atoms with van der Waals surface area (Å²) in [5.41, 5.74) is 2.08. The SMILES string of the molecule is OCC1O[C@@H](n2ccc3c(-c4cn[nH]c4)ncnc32)[C@@H](O)[C@H]1O. The second-order valence-corrected chi connectivity index (χ2v) is 5.40. The van der Waals surface area contributed by atoms with E-state index in [0.717, 1.165) is 10.9 Å². The van der Waals surface area contributed by atoms with E-state index in [-0.39, 0.29) is 6.61 Å². The molecule has 3 aromatic rings. The van der Waals surface area contributed by atoms with Gasteiger partial charge in [-0.15, -0.1) is 0 Å². The third-order valence-corrected chi connectivity index (χ3v) is 4.07. The third-order valence-electron chi connectivity index (χ3n) is 4.07. The van der Waals surface area contributed by atoms with E-state index in [0.29, 0.717) is 11.3 Å². The van der Waals surface area contributed by atoms with Crippen LogP contribution >= 0.6 is 0 Å². The summed E-state index contributed by atoms with van der Waals surface area (Å²) in [5.74, 6) is 0. The first kappa shape index (κ1) is 14.3. The summed E-state index contributed by atoms with van der Waals surface area (Å²) in [6.07, 6.45) is 2.55. The summed E-state index contributed by atoms with van der Waals surface area (Å²) in [6, 6.07) is 1.81. The van der Waals surface area contributed by atoms with Crippen molar-refractivity contribution in [2.75, 3.05) is 6.61 Å². The third kappa shape index (κ3) is 2.13. The van der Waals surface area contributed by atoms with Crippen LogP contribution in [0.5, 0.6) is 0 Å². The van der Waals surface area contributed by atoms with Gasteiger partial charge in [0.25, 0.3) is 0 Å². The Morgan fingerprint density at radius 2 is 2.13 bits per heavy atom. The van der Waals surface area contributed by atoms with E-state index in [1.54, 1.807) is 23.2 Å². The summed E-state index contributed by atoms with van der Waals surface area (Å²) in [6.45, 7) is -0.372. The van der Waals surface area contributed by atoms with Crippen molar-refractivity contribution in [3.63, 3.8) is 0 Å². The highest BCUT2D eigenvalue weighted by atomic mass is 16.6. The van der Waals surface area contributed by atoms with Gasteiger partial charge in [0.05, 0.1) is 18.5 Å². The molecule has 4 rings (SSSR count). The molecule has 0 aliphatic carbocycles. The van der Waals surface area contributed by atoms with Gasteiger partial charge >= 0.3 is 0 Å². The molecular formula is C14H15N5O4. The first-order valence-corrected chi connectivity index (χ1v) is 7.14. The lowest BCUT2D eigenvalue weighted by Crippen LogP contribution is -2.33. The molecule has 4 atom stereocenters. The van der Waals surface area contributed by atoms with Gasteiger partial charge in [0.15, 0.2) is 6.23 Å². The van der Waals surface area contributed by atoms with Crippen LogP contribution in [0.3, 0.4) is 0 Å². The number of rotatable bonds is 3. The first-order valence-electron chi connectivity index (χ1n) is 7.14. The van der Waals surface area contributed by atoms with E-state index in [4.69, 9.17) is 4.74 Å². The highest BCUT2D eigenvalue weighted by Gasteiger charge is 2.43. The molecule has 3 aromatic heterocycles. The zero-order chi connectivity index (χ0) is 16.0. The normalized spacial score (nSPS) is 27.8. The number of nitrogens with zero attached hydrogens (tertiary/aromatic N) is 4. The molecule has 1 saturated heterocycles. The second-order valence-electron chi connectivity index (χ2n) is 5.40. The maximum atomic E-state index is 10.2. The van der Waals surface area contributed by atoms with E-state index in [1.807, 2.05) is 6.07 Å². The molecule has 23 heavy (non-hydrogen) atoms. The molecule has 1 fully saturated rings. The van der Waals surface area contributed by atoms with Gasteiger partial charge in [0.2, 0.25) is 0 Å². The van der Waals surface area contributed by atoms with Gasteiger partial charge in [-0.25, -0.2) is 9.97 Å². The molecule has 4 heterocycles. The Hall–Kier alpha value is -2.33. The fraction of sp³-hybridized carbons (Fsp3) is 0.357. The number of fused-ring (bicyclic) bond motifs is 1. The summed E-state index contributed by atoms with van der Waals surface area (Å²) in [7, 11) is 0. The smallest absolute Gasteiger partial charge is 0.164 e. The van der Waals surface area contributed by atoms with Crippen molar-refractivity contribution in [2.45, 2.75) is 24.5 Å². The van der Waals surface area contributed by atoms with Crippen LogP contribution in [0, 0.1) is 0 Å². The monoisotopic (exact) mass is 317 g/mol. The van der Waals surface area contributed by atoms with Crippen LogP contribution in [0.2, 0.25) is 0 Å². The number of nitrogens with one attached hydrogen (secondary N) is 1. The fourth-order valence-electron chi connectivity index (χ4n) is 2.90. The van der Waals surface area contributed by atoms with Crippen molar-refractivity contribution in [1.29, 1.82) is 0 Å². The Kier molecular flexibility index (Phi) is 3.34. The van der Waals surface area contributed by atoms with E-state index in [9.17, 15) is 15.3 Å². The Labute approximate surface area is 130 Å². The maximum absolute atomic E-state index is 10.2. The van der Waals surface area contributed by atoms with Crippen LogP contribution in [0.1, 0.15) is 6.23 Å². The van der Waals surface area contributed by atoms with Gasteiger partial charge in [0.1, 0.15) is 30.3 Å². The summed E-state index contributed by atoms with van der Waals surface area (Å²) in [5, 5.41) is 36.7. The van der Waals surface area contributed by atoms with Gasteiger partial charge < -0.3 is 24.6 Å². The number of hydrogen-bond acceptors (Lipinski definition) is 7. The molecule has 9 heteroatoms. The second kappa shape index (κ2) is 5.39. The topological polar surface area (TPSA) is 129 Å². The van der Waals surface area contributed by atoms with E-state index >= 15 is 0 Å². The Balaban J connectivity index is 1.80. The average molecular weight is 317 g/mol. The number of aliphatic hydroxyl groups is 3. The molecule has 9 nitrogen and oxygen atoms in total. The molecule has 0 spiro atoms. The van der Waals surface area contributed by atoms with Crippen molar-refractivity contribution in [3.05, 3.63) is 31.0 Å². The minimum absolute atomic E-state index is 0.372. The number of H-pyrrole nitrogens is 1. The minimum Gasteiger partial charge on any atom is -0.394 e. The summed E-state index contributed by atoms with van der Waals surface area (Å²) in [4.78, 5) is 8.53. The van der Waals surface area contributed by atoms with Gasteiger partial charge in [-0.3, -0.25) is 5.10 Å². The predicted molar refractivity (Wildman–Crippen MR) is 78.1 cm³/mol. The molecule has 4 N–H and O–H groups in total. The molecule has 0 saturated carbocycles. The number of aromatic amines is 1. The van der Waals surface area contributed by atoms with Crippen LogP contribution in [0.15, 0.2) is 31.0 Å². The molecular weight excluding hydrogens is 302 g/mol. The van der Waals surface area contributed by atoms with Crippen LogP contribution < -0.4 is 0 Å². The molecule has 1 aliphatic heterocycles. The fourth-order valence-corrected chi connectivity index (χ4v) is 2.90. The Bertz CT molecular complexity index is 818. The molecule has 120 valence electrons. The highest BCUT2D eigenvalue weighted by molar-refractivity contribution is 5.90. The quantitative estimate of drug-likeness (QED) is 0.509. The average Bonchev–Trinajstić information content (AvgIpc) is 3.28. The van der Waals surface area contributed by atoms with E-state index in [2.05, 4.69) is 20.2 Å². The van der Waals surface area contributed by atoms with Crippen molar-refractivity contribution in [1.82, 2.24) is 24.7 Å². The number of aromatic nitrogens is 5. The molecule has 1 aliphatic rings. The van der Waals surface area contributed by atoms with Crippen molar-refractivity contribution in [3.8, 4) is 11.3 Å². The lowest BCUT2D eigenvalue weighted by atomic mass is 10.1. The standard InChI is InChI=1S/C14H15N5O4/c20-5-9-11(21)12(22)14(23-9)19-2-1-8-10(7-3-17-18-4-7)15-6-16-13(8)19/h1-4,6,9,11-12,14,20-22H,5H2,(H,17,18)/t9?,11-,12-,14+/m0/s1. The van der Waals surface area contributed by atoms with Crippen molar-refractivity contribution < 1.29 is 20.1 Å². The molecule has 1 unspecified atom stereocenters. The van der Waals surface area contributed by atoms with Crippen molar-refractivity contribution >= 4 is 11.0 Å². The van der Waals surface area contributed by atoms with Crippen molar-refractivity contribution in [2.24, 2.45) is 0 Å². The van der Waals surface area contributed by atoms with Crippen LogP contribution in [-0.2, 0) is 4.74 Å². The maximum Gasteiger partial charge on any atom is 0.164 e. The summed E-state index contributed by atoms with van der Waals surface area (Å²) < 4.78 is 7.18. The predicted octanol–water partition coefficient (Wildman–Crippen LogP) is -0.567. The number of aliphatic hydroxyl groups excluding tert-OH is 3. The lowest BCUT2D eigenvalue weighted by Gasteiger charge is -2.17. The molecule has 0 aromatic carbocycles. The Morgan fingerprint density at radius 1 is 1.26 bits per heavy atom. The van der Waals surface area contributed by atoms with E-state index < -0.39 is 24.5 Å². The minimum atomic E-state index is -1.16. The van der Waals surface area contributed by atoms with E-state index in [1.165, 1.54) is 6.33 Å². The number of hydrogen-bond donors (Lipinski definition) is 4. The van der Waals surface area contributed by atoms with Gasteiger partial charge in [-0.1, -0.05) is 0 Å². The largest absolute Gasteiger partial charge is 0.394 e. The molecule has 0 radical (unpaired) electrons.